The third kappa shape index (κ3) is 2.47. The van der Waals surface area contributed by atoms with Crippen molar-refractivity contribution in [3.8, 4) is 0 Å². The summed E-state index contributed by atoms with van der Waals surface area (Å²) in [7, 11) is 0. The van der Waals surface area contributed by atoms with Crippen LogP contribution in [0.3, 0.4) is 0 Å². The lowest BCUT2D eigenvalue weighted by Crippen LogP contribution is -2.34. The van der Waals surface area contributed by atoms with Crippen LogP contribution in [0.5, 0.6) is 0 Å². The monoisotopic (exact) mass is 288 g/mol. The summed E-state index contributed by atoms with van der Waals surface area (Å²) in [6, 6.07) is 2.52. The second kappa shape index (κ2) is 5.04. The van der Waals surface area contributed by atoms with Crippen LogP contribution < -0.4 is 5.73 Å². The number of hydrogen-bond donors (Lipinski definition) is 1. The molecule has 2 aromatic rings. The minimum absolute atomic E-state index is 0.0650. The summed E-state index contributed by atoms with van der Waals surface area (Å²) in [4.78, 5) is 22.6. The van der Waals surface area contributed by atoms with Gasteiger partial charge in [-0.1, -0.05) is 6.92 Å². The van der Waals surface area contributed by atoms with Gasteiger partial charge in [0.1, 0.15) is 11.3 Å². The highest BCUT2D eigenvalue weighted by molar-refractivity contribution is 6.04. The number of hydrogen-bond acceptors (Lipinski definition) is 4. The molecular weight excluding hydrogens is 271 g/mol. The van der Waals surface area contributed by atoms with Crippen LogP contribution in [-0.2, 0) is 0 Å². The zero-order chi connectivity index (χ0) is 15.0. The predicted molar refractivity (Wildman–Crippen MR) is 77.2 cm³/mol. The Bertz CT molecular complexity index is 705. The van der Waals surface area contributed by atoms with Gasteiger partial charge < -0.3 is 10.6 Å². The Balaban J connectivity index is 1.99. The molecular formula is C15H17FN4O. The number of rotatable bonds is 2. The first-order valence-electron chi connectivity index (χ1n) is 6.92. The molecule has 1 atom stereocenters. The zero-order valence-electron chi connectivity index (χ0n) is 11.8. The fourth-order valence-corrected chi connectivity index (χ4v) is 2.74. The lowest BCUT2D eigenvalue weighted by molar-refractivity contribution is 0.0778. The van der Waals surface area contributed by atoms with Gasteiger partial charge in [-0.3, -0.25) is 14.8 Å². The molecule has 3 rings (SSSR count). The average molecular weight is 288 g/mol. The average Bonchev–Trinajstić information content (AvgIpc) is 2.89. The van der Waals surface area contributed by atoms with Crippen molar-refractivity contribution < 1.29 is 9.18 Å². The molecule has 1 fully saturated rings. The molecule has 0 aliphatic carbocycles. The molecule has 21 heavy (non-hydrogen) atoms. The Kier molecular flexibility index (Phi) is 3.33. The highest BCUT2D eigenvalue weighted by Crippen LogP contribution is 2.30. The third-order valence-corrected chi connectivity index (χ3v) is 4.11. The Morgan fingerprint density at radius 2 is 2.19 bits per heavy atom. The number of nitrogens with zero attached hydrogens (tertiary/aromatic N) is 3. The molecule has 1 amide bonds. The Morgan fingerprint density at radius 1 is 1.43 bits per heavy atom. The molecule has 1 aromatic carbocycles. The van der Waals surface area contributed by atoms with Gasteiger partial charge in [0, 0.05) is 31.5 Å². The van der Waals surface area contributed by atoms with E-state index in [0.717, 1.165) is 6.42 Å². The van der Waals surface area contributed by atoms with Gasteiger partial charge in [-0.05, 0) is 24.4 Å². The maximum Gasteiger partial charge on any atom is 0.256 e. The fraction of sp³-hybridized carbons (Fsp3) is 0.400. The third-order valence-electron chi connectivity index (χ3n) is 4.11. The van der Waals surface area contributed by atoms with E-state index in [9.17, 15) is 9.18 Å². The number of fused-ring (bicyclic) bond motifs is 1. The number of carbonyl (C=O) groups is 1. The van der Waals surface area contributed by atoms with Crippen molar-refractivity contribution >= 4 is 16.9 Å². The first-order chi connectivity index (χ1) is 10.0. The van der Waals surface area contributed by atoms with Crippen LogP contribution in [0, 0.1) is 11.2 Å². The SMILES string of the molecule is CC1(CN)CCN(C(=O)c2cc(F)cc3nccnc23)C1. The summed E-state index contributed by atoms with van der Waals surface area (Å²) in [5.41, 5.74) is 6.79. The van der Waals surface area contributed by atoms with E-state index in [1.54, 1.807) is 4.90 Å². The molecule has 2 N–H and O–H groups in total. The molecule has 0 bridgehead atoms. The van der Waals surface area contributed by atoms with Crippen LogP contribution in [0.2, 0.25) is 0 Å². The Morgan fingerprint density at radius 3 is 2.90 bits per heavy atom. The number of nitrogens with two attached hydrogens (primary N) is 1. The van der Waals surface area contributed by atoms with Gasteiger partial charge in [0.05, 0.1) is 11.1 Å². The molecule has 0 saturated carbocycles. The molecule has 6 heteroatoms. The van der Waals surface area contributed by atoms with Crippen molar-refractivity contribution in [2.75, 3.05) is 19.6 Å². The van der Waals surface area contributed by atoms with Gasteiger partial charge >= 0.3 is 0 Å². The summed E-state index contributed by atoms with van der Waals surface area (Å²) in [6.07, 6.45) is 3.84. The molecule has 110 valence electrons. The summed E-state index contributed by atoms with van der Waals surface area (Å²) >= 11 is 0. The van der Waals surface area contributed by atoms with Crippen molar-refractivity contribution in [1.82, 2.24) is 14.9 Å². The first-order valence-corrected chi connectivity index (χ1v) is 6.92. The number of halogens is 1. The van der Waals surface area contributed by atoms with Crippen LogP contribution >= 0.6 is 0 Å². The molecule has 1 unspecified atom stereocenters. The minimum atomic E-state index is -0.480. The van der Waals surface area contributed by atoms with Crippen LogP contribution in [0.15, 0.2) is 24.5 Å². The Hall–Kier alpha value is -2.08. The first kappa shape index (κ1) is 13.9. The van der Waals surface area contributed by atoms with Crippen molar-refractivity contribution in [2.24, 2.45) is 11.1 Å². The van der Waals surface area contributed by atoms with E-state index in [0.29, 0.717) is 30.7 Å². The molecule has 0 radical (unpaired) electrons. The summed E-state index contributed by atoms with van der Waals surface area (Å²) in [6.45, 7) is 3.80. The lowest BCUT2D eigenvalue weighted by atomic mass is 9.90. The molecule has 1 aliphatic rings. The minimum Gasteiger partial charge on any atom is -0.338 e. The standard InChI is InChI=1S/C15H17FN4O/c1-15(8-17)2-5-20(9-15)14(21)11-6-10(16)7-12-13(11)19-4-3-18-12/h3-4,6-7H,2,5,8-9,17H2,1H3. The summed E-state index contributed by atoms with van der Waals surface area (Å²) in [5.74, 6) is -0.690. The van der Waals surface area contributed by atoms with Gasteiger partial charge in [0.15, 0.2) is 0 Å². The largest absolute Gasteiger partial charge is 0.338 e. The number of benzene rings is 1. The predicted octanol–water partition coefficient (Wildman–Crippen LogP) is 1.58. The van der Waals surface area contributed by atoms with E-state index >= 15 is 0 Å². The molecule has 1 aromatic heterocycles. The summed E-state index contributed by atoms with van der Waals surface area (Å²) in [5, 5.41) is 0. The molecule has 1 aliphatic heterocycles. The van der Waals surface area contributed by atoms with Gasteiger partial charge in [0.25, 0.3) is 5.91 Å². The normalized spacial score (nSPS) is 22.0. The van der Waals surface area contributed by atoms with Crippen molar-refractivity contribution in [3.63, 3.8) is 0 Å². The number of aromatic nitrogens is 2. The van der Waals surface area contributed by atoms with E-state index in [1.165, 1.54) is 24.5 Å². The van der Waals surface area contributed by atoms with Gasteiger partial charge in [-0.15, -0.1) is 0 Å². The van der Waals surface area contributed by atoms with Gasteiger partial charge in [-0.25, -0.2) is 4.39 Å². The maximum absolute atomic E-state index is 13.7. The second-order valence-electron chi connectivity index (χ2n) is 5.87. The van der Waals surface area contributed by atoms with Crippen LogP contribution in [-0.4, -0.2) is 40.4 Å². The van der Waals surface area contributed by atoms with Gasteiger partial charge in [0.2, 0.25) is 0 Å². The van der Waals surface area contributed by atoms with Gasteiger partial charge in [-0.2, -0.15) is 0 Å². The number of carbonyl (C=O) groups excluding carboxylic acids is 1. The second-order valence-corrected chi connectivity index (χ2v) is 5.87. The van der Waals surface area contributed by atoms with E-state index in [1.807, 2.05) is 0 Å². The fourth-order valence-electron chi connectivity index (χ4n) is 2.74. The van der Waals surface area contributed by atoms with Crippen LogP contribution in [0.4, 0.5) is 4.39 Å². The highest BCUT2D eigenvalue weighted by atomic mass is 19.1. The quantitative estimate of drug-likeness (QED) is 0.910. The molecule has 5 nitrogen and oxygen atoms in total. The molecule has 0 spiro atoms. The molecule has 1 saturated heterocycles. The smallest absolute Gasteiger partial charge is 0.256 e. The topological polar surface area (TPSA) is 72.1 Å². The molecule has 2 heterocycles. The van der Waals surface area contributed by atoms with Crippen LogP contribution in [0.25, 0.3) is 11.0 Å². The van der Waals surface area contributed by atoms with Crippen molar-refractivity contribution in [1.29, 1.82) is 0 Å². The van der Waals surface area contributed by atoms with Crippen molar-refractivity contribution in [3.05, 3.63) is 35.9 Å². The Labute approximate surface area is 122 Å². The van der Waals surface area contributed by atoms with E-state index in [2.05, 4.69) is 16.9 Å². The lowest BCUT2D eigenvalue weighted by Gasteiger charge is -2.22. The van der Waals surface area contributed by atoms with Crippen molar-refractivity contribution in [2.45, 2.75) is 13.3 Å². The van der Waals surface area contributed by atoms with E-state index < -0.39 is 5.82 Å². The maximum atomic E-state index is 13.7. The van der Waals surface area contributed by atoms with E-state index in [4.69, 9.17) is 5.73 Å². The summed E-state index contributed by atoms with van der Waals surface area (Å²) < 4.78 is 13.7. The number of amides is 1. The zero-order valence-corrected chi connectivity index (χ0v) is 11.8. The van der Waals surface area contributed by atoms with E-state index in [-0.39, 0.29) is 16.9 Å². The van der Waals surface area contributed by atoms with Crippen LogP contribution in [0.1, 0.15) is 23.7 Å². The number of likely N-dealkylation sites (tertiary alicyclic amines) is 1. The highest BCUT2D eigenvalue weighted by Gasteiger charge is 2.35.